The highest BCUT2D eigenvalue weighted by molar-refractivity contribution is 7.22. The Labute approximate surface area is 127 Å². The van der Waals surface area contributed by atoms with E-state index in [1.807, 2.05) is 18.2 Å². The molecule has 0 unspecified atom stereocenters. The number of nitrogens with zero attached hydrogens (tertiary/aromatic N) is 3. The Morgan fingerprint density at radius 2 is 2.15 bits per heavy atom. The van der Waals surface area contributed by atoms with E-state index in [9.17, 15) is 0 Å². The van der Waals surface area contributed by atoms with Gasteiger partial charge < -0.3 is 10.0 Å². The number of β-amino-alcohol motifs (C(OH)–C–C–N with tert-alkyl or cyclic N) is 1. The molecule has 1 aromatic carbocycles. The summed E-state index contributed by atoms with van der Waals surface area (Å²) in [5, 5.41) is 10.9. The number of halogens is 1. The Morgan fingerprint density at radius 3 is 3.00 bits per heavy atom. The molecule has 0 bridgehead atoms. The number of thiazole rings is 1. The maximum absolute atomic E-state index is 9.04. The molecule has 1 aliphatic heterocycles. The molecule has 4 nitrogen and oxygen atoms in total. The van der Waals surface area contributed by atoms with E-state index in [1.54, 1.807) is 11.3 Å². The van der Waals surface area contributed by atoms with Crippen LogP contribution in [0.15, 0.2) is 18.2 Å². The number of aliphatic hydroxyl groups is 1. The molecular formula is C14H18ClN3OS. The molecule has 0 amide bonds. The SMILES string of the molecule is OCCN1CCCN(c2nc3ccc(Cl)cc3s2)CC1. The first-order valence-electron chi connectivity index (χ1n) is 6.90. The Balaban J connectivity index is 1.77. The molecule has 2 aromatic rings. The molecule has 1 fully saturated rings. The monoisotopic (exact) mass is 311 g/mol. The summed E-state index contributed by atoms with van der Waals surface area (Å²) in [6.45, 7) is 5.02. The van der Waals surface area contributed by atoms with Gasteiger partial charge in [-0.2, -0.15) is 0 Å². The van der Waals surface area contributed by atoms with Gasteiger partial charge in [0.05, 0.1) is 16.8 Å². The summed E-state index contributed by atoms with van der Waals surface area (Å²) in [5.41, 5.74) is 1.02. The number of hydrogen-bond donors (Lipinski definition) is 1. The van der Waals surface area contributed by atoms with Gasteiger partial charge in [0.25, 0.3) is 0 Å². The molecule has 2 heterocycles. The molecule has 1 N–H and O–H groups in total. The Morgan fingerprint density at radius 1 is 1.25 bits per heavy atom. The van der Waals surface area contributed by atoms with Crippen molar-refractivity contribution in [2.75, 3.05) is 44.2 Å². The van der Waals surface area contributed by atoms with Crippen molar-refractivity contribution in [3.8, 4) is 0 Å². The first kappa shape index (κ1) is 14.1. The summed E-state index contributed by atoms with van der Waals surface area (Å²) in [6, 6.07) is 5.85. The first-order valence-corrected chi connectivity index (χ1v) is 8.10. The van der Waals surface area contributed by atoms with E-state index < -0.39 is 0 Å². The lowest BCUT2D eigenvalue weighted by Crippen LogP contribution is -2.32. The summed E-state index contributed by atoms with van der Waals surface area (Å²) in [4.78, 5) is 9.36. The molecule has 1 aliphatic rings. The van der Waals surface area contributed by atoms with Gasteiger partial charge in [0.2, 0.25) is 0 Å². The van der Waals surface area contributed by atoms with Crippen molar-refractivity contribution in [1.82, 2.24) is 9.88 Å². The molecule has 1 aromatic heterocycles. The van der Waals surface area contributed by atoms with Crippen LogP contribution in [0.5, 0.6) is 0 Å². The lowest BCUT2D eigenvalue weighted by atomic mass is 10.3. The van der Waals surface area contributed by atoms with Gasteiger partial charge in [-0.05, 0) is 31.2 Å². The standard InChI is InChI=1S/C14H18ClN3OS/c15-11-2-3-12-13(10-11)20-14(16-12)18-5-1-4-17(6-7-18)8-9-19/h2-3,10,19H,1,4-9H2. The fourth-order valence-corrected chi connectivity index (χ4v) is 3.84. The minimum absolute atomic E-state index is 0.236. The predicted molar refractivity (Wildman–Crippen MR) is 85.0 cm³/mol. The second-order valence-corrected chi connectivity index (χ2v) is 6.46. The zero-order valence-electron chi connectivity index (χ0n) is 11.3. The van der Waals surface area contributed by atoms with Crippen LogP contribution in [0, 0.1) is 0 Å². The highest BCUT2D eigenvalue weighted by Crippen LogP contribution is 2.31. The zero-order chi connectivity index (χ0) is 13.9. The minimum atomic E-state index is 0.236. The smallest absolute Gasteiger partial charge is 0.186 e. The Kier molecular flexibility index (Phi) is 4.41. The molecule has 0 saturated carbocycles. The third kappa shape index (κ3) is 3.06. The second-order valence-electron chi connectivity index (χ2n) is 5.01. The van der Waals surface area contributed by atoms with Crippen molar-refractivity contribution in [2.45, 2.75) is 6.42 Å². The van der Waals surface area contributed by atoms with Gasteiger partial charge in [0, 0.05) is 31.2 Å². The topological polar surface area (TPSA) is 39.6 Å². The van der Waals surface area contributed by atoms with Crippen LogP contribution >= 0.6 is 22.9 Å². The molecule has 0 atom stereocenters. The van der Waals surface area contributed by atoms with Gasteiger partial charge in [-0.15, -0.1) is 0 Å². The van der Waals surface area contributed by atoms with Crippen molar-refractivity contribution in [3.05, 3.63) is 23.2 Å². The molecule has 0 radical (unpaired) electrons. The summed E-state index contributed by atoms with van der Waals surface area (Å²) in [5.74, 6) is 0. The van der Waals surface area contributed by atoms with Crippen molar-refractivity contribution >= 4 is 38.3 Å². The highest BCUT2D eigenvalue weighted by atomic mass is 35.5. The van der Waals surface area contributed by atoms with Crippen molar-refractivity contribution in [3.63, 3.8) is 0 Å². The summed E-state index contributed by atoms with van der Waals surface area (Å²) in [7, 11) is 0. The molecule has 20 heavy (non-hydrogen) atoms. The van der Waals surface area contributed by atoms with Crippen LogP contribution in [0.25, 0.3) is 10.2 Å². The maximum Gasteiger partial charge on any atom is 0.186 e. The number of fused-ring (bicyclic) bond motifs is 1. The van der Waals surface area contributed by atoms with Gasteiger partial charge in [-0.3, -0.25) is 4.90 Å². The molecule has 0 spiro atoms. The van der Waals surface area contributed by atoms with E-state index in [4.69, 9.17) is 21.7 Å². The molecule has 3 rings (SSSR count). The summed E-state index contributed by atoms with van der Waals surface area (Å²) in [6.07, 6.45) is 1.11. The van der Waals surface area contributed by atoms with Crippen molar-refractivity contribution in [2.24, 2.45) is 0 Å². The first-order chi connectivity index (χ1) is 9.76. The summed E-state index contributed by atoms with van der Waals surface area (Å²) < 4.78 is 1.14. The lowest BCUT2D eigenvalue weighted by molar-refractivity contribution is 0.204. The fourth-order valence-electron chi connectivity index (χ4n) is 2.55. The summed E-state index contributed by atoms with van der Waals surface area (Å²) >= 11 is 7.73. The van der Waals surface area contributed by atoms with Crippen LogP contribution in [0.3, 0.4) is 0 Å². The zero-order valence-corrected chi connectivity index (χ0v) is 12.8. The number of hydrogen-bond acceptors (Lipinski definition) is 5. The number of aliphatic hydroxyl groups excluding tert-OH is 1. The minimum Gasteiger partial charge on any atom is -0.395 e. The maximum atomic E-state index is 9.04. The fraction of sp³-hybridized carbons (Fsp3) is 0.500. The number of benzene rings is 1. The lowest BCUT2D eigenvalue weighted by Gasteiger charge is -2.20. The normalized spacial score (nSPS) is 17.6. The van der Waals surface area contributed by atoms with Gasteiger partial charge in [0.1, 0.15) is 0 Å². The van der Waals surface area contributed by atoms with E-state index in [0.29, 0.717) is 0 Å². The highest BCUT2D eigenvalue weighted by Gasteiger charge is 2.17. The third-order valence-corrected chi connectivity index (χ3v) is 4.93. The van der Waals surface area contributed by atoms with E-state index in [-0.39, 0.29) is 6.61 Å². The second kappa shape index (κ2) is 6.26. The molecule has 1 saturated heterocycles. The average molecular weight is 312 g/mol. The van der Waals surface area contributed by atoms with Crippen LogP contribution < -0.4 is 4.90 Å². The molecular weight excluding hydrogens is 294 g/mol. The number of anilines is 1. The molecule has 108 valence electrons. The Bertz CT molecular complexity index is 589. The van der Waals surface area contributed by atoms with Gasteiger partial charge >= 0.3 is 0 Å². The van der Waals surface area contributed by atoms with Gasteiger partial charge in [0.15, 0.2) is 5.13 Å². The van der Waals surface area contributed by atoms with E-state index in [0.717, 1.165) is 59.5 Å². The predicted octanol–water partition coefficient (Wildman–Crippen LogP) is 2.45. The Hall–Kier alpha value is -0.880. The third-order valence-electron chi connectivity index (χ3n) is 3.61. The molecule has 0 aliphatic carbocycles. The number of rotatable bonds is 3. The number of aromatic nitrogens is 1. The van der Waals surface area contributed by atoms with E-state index in [2.05, 4.69) is 9.80 Å². The van der Waals surface area contributed by atoms with E-state index >= 15 is 0 Å². The van der Waals surface area contributed by atoms with Crippen LogP contribution in [-0.2, 0) is 0 Å². The quantitative estimate of drug-likeness (QED) is 0.945. The molecule has 6 heteroatoms. The van der Waals surface area contributed by atoms with Crippen molar-refractivity contribution in [1.29, 1.82) is 0 Å². The van der Waals surface area contributed by atoms with Crippen LogP contribution in [-0.4, -0.2) is 54.3 Å². The van der Waals surface area contributed by atoms with Crippen LogP contribution in [0.4, 0.5) is 5.13 Å². The van der Waals surface area contributed by atoms with Gasteiger partial charge in [-0.25, -0.2) is 4.98 Å². The van der Waals surface area contributed by atoms with Crippen LogP contribution in [0.1, 0.15) is 6.42 Å². The van der Waals surface area contributed by atoms with Crippen LogP contribution in [0.2, 0.25) is 5.02 Å². The van der Waals surface area contributed by atoms with Crippen molar-refractivity contribution < 1.29 is 5.11 Å². The van der Waals surface area contributed by atoms with Gasteiger partial charge in [-0.1, -0.05) is 22.9 Å². The largest absolute Gasteiger partial charge is 0.395 e. The average Bonchev–Trinajstić information content (AvgIpc) is 2.70. The van der Waals surface area contributed by atoms with E-state index in [1.165, 1.54) is 0 Å².